The molecular formula is C11H15N3O5. The van der Waals surface area contributed by atoms with Crippen LogP contribution in [0.2, 0.25) is 0 Å². The zero-order chi connectivity index (χ0) is 14.7. The van der Waals surface area contributed by atoms with Gasteiger partial charge >= 0.3 is 5.97 Å². The lowest BCUT2D eigenvalue weighted by Crippen LogP contribution is -2.42. The number of rotatable bonds is 5. The van der Waals surface area contributed by atoms with E-state index in [1.54, 1.807) is 6.92 Å². The number of aliphatic carboxylic acids is 1. The summed E-state index contributed by atoms with van der Waals surface area (Å²) in [7, 11) is 2.86. The molecule has 0 aliphatic carbocycles. The average molecular weight is 269 g/mol. The molecule has 1 aromatic heterocycles. The minimum Gasteiger partial charge on any atom is -0.480 e. The van der Waals surface area contributed by atoms with Gasteiger partial charge in [0, 0.05) is 20.2 Å². The Morgan fingerprint density at radius 3 is 2.53 bits per heavy atom. The number of carboxylic acids is 1. The number of aryl methyl sites for hydroxylation is 1. The Labute approximate surface area is 109 Å². The molecule has 1 aromatic rings. The first kappa shape index (κ1) is 14.7. The largest absolute Gasteiger partial charge is 0.480 e. The van der Waals surface area contributed by atoms with Crippen LogP contribution in [0, 0.1) is 10.1 Å². The van der Waals surface area contributed by atoms with Gasteiger partial charge in [-0.2, -0.15) is 0 Å². The van der Waals surface area contributed by atoms with Gasteiger partial charge in [-0.25, -0.2) is 4.79 Å². The van der Waals surface area contributed by atoms with Crippen molar-refractivity contribution in [2.45, 2.75) is 19.4 Å². The van der Waals surface area contributed by atoms with Crippen molar-refractivity contribution in [3.63, 3.8) is 0 Å². The summed E-state index contributed by atoms with van der Waals surface area (Å²) in [6, 6.07) is 0.175. The fourth-order valence-corrected chi connectivity index (χ4v) is 1.80. The third-order valence-electron chi connectivity index (χ3n) is 2.88. The second kappa shape index (κ2) is 5.51. The Kier molecular flexibility index (Phi) is 4.26. The molecular weight excluding hydrogens is 254 g/mol. The molecule has 0 fully saturated rings. The van der Waals surface area contributed by atoms with Crippen molar-refractivity contribution >= 4 is 17.6 Å². The van der Waals surface area contributed by atoms with E-state index >= 15 is 0 Å². The molecule has 1 rings (SSSR count). The maximum Gasteiger partial charge on any atom is 0.326 e. The molecule has 1 heterocycles. The molecule has 8 heteroatoms. The zero-order valence-electron chi connectivity index (χ0n) is 10.9. The molecule has 0 saturated heterocycles. The molecule has 0 saturated carbocycles. The maximum atomic E-state index is 12.1. The molecule has 1 N–H and O–H groups in total. The molecule has 0 aliphatic rings. The van der Waals surface area contributed by atoms with Crippen LogP contribution in [-0.4, -0.2) is 44.5 Å². The van der Waals surface area contributed by atoms with E-state index < -0.39 is 22.8 Å². The van der Waals surface area contributed by atoms with E-state index in [2.05, 4.69) is 0 Å². The van der Waals surface area contributed by atoms with E-state index in [-0.39, 0.29) is 17.8 Å². The SMILES string of the molecule is CCC(C(=O)O)N(C)C(=O)c1cc([N+](=O)[O-])cn1C. The third kappa shape index (κ3) is 2.90. The van der Waals surface area contributed by atoms with Crippen LogP contribution in [0.1, 0.15) is 23.8 Å². The Balaban J connectivity index is 3.06. The number of likely N-dealkylation sites (N-methyl/N-ethyl adjacent to an activating group) is 1. The van der Waals surface area contributed by atoms with Gasteiger partial charge < -0.3 is 14.6 Å². The summed E-state index contributed by atoms with van der Waals surface area (Å²) < 4.78 is 1.31. The van der Waals surface area contributed by atoms with Crippen molar-refractivity contribution in [2.24, 2.45) is 7.05 Å². The second-order valence-corrected chi connectivity index (χ2v) is 4.13. The smallest absolute Gasteiger partial charge is 0.326 e. The molecule has 1 unspecified atom stereocenters. The van der Waals surface area contributed by atoms with E-state index in [0.29, 0.717) is 0 Å². The lowest BCUT2D eigenvalue weighted by Gasteiger charge is -2.23. The van der Waals surface area contributed by atoms with Crippen molar-refractivity contribution in [3.8, 4) is 0 Å². The van der Waals surface area contributed by atoms with Gasteiger partial charge in [0.15, 0.2) is 0 Å². The van der Waals surface area contributed by atoms with E-state index in [1.807, 2.05) is 0 Å². The molecule has 19 heavy (non-hydrogen) atoms. The molecule has 0 aliphatic heterocycles. The number of nitrogens with zero attached hydrogens (tertiary/aromatic N) is 3. The minimum absolute atomic E-state index is 0.0777. The van der Waals surface area contributed by atoms with Crippen molar-refractivity contribution in [1.82, 2.24) is 9.47 Å². The zero-order valence-corrected chi connectivity index (χ0v) is 10.9. The minimum atomic E-state index is -1.11. The number of hydrogen-bond donors (Lipinski definition) is 1. The van der Waals surface area contributed by atoms with Crippen molar-refractivity contribution < 1.29 is 19.6 Å². The van der Waals surface area contributed by atoms with Gasteiger partial charge in [-0.05, 0) is 6.42 Å². The topological polar surface area (TPSA) is 106 Å². The quantitative estimate of drug-likeness (QED) is 0.630. The first-order valence-electron chi connectivity index (χ1n) is 5.60. The van der Waals surface area contributed by atoms with E-state index in [9.17, 15) is 19.7 Å². The van der Waals surface area contributed by atoms with Gasteiger partial charge in [0.25, 0.3) is 11.6 Å². The fraction of sp³-hybridized carbons (Fsp3) is 0.455. The van der Waals surface area contributed by atoms with Crippen molar-refractivity contribution in [2.75, 3.05) is 7.05 Å². The van der Waals surface area contributed by atoms with Crippen LogP contribution in [0.4, 0.5) is 5.69 Å². The van der Waals surface area contributed by atoms with Crippen LogP contribution in [0.3, 0.4) is 0 Å². The number of aromatic nitrogens is 1. The van der Waals surface area contributed by atoms with Crippen LogP contribution in [0.25, 0.3) is 0 Å². The molecule has 0 radical (unpaired) electrons. The summed E-state index contributed by atoms with van der Waals surface area (Å²) in [6.45, 7) is 1.65. The third-order valence-corrected chi connectivity index (χ3v) is 2.88. The van der Waals surface area contributed by atoms with Crippen LogP contribution < -0.4 is 0 Å². The number of carbonyl (C=O) groups excluding carboxylic acids is 1. The summed E-state index contributed by atoms with van der Waals surface area (Å²) in [5.74, 6) is -1.67. The van der Waals surface area contributed by atoms with Gasteiger partial charge in [0.1, 0.15) is 11.7 Å². The first-order valence-corrected chi connectivity index (χ1v) is 5.60. The normalized spacial score (nSPS) is 11.9. The molecule has 104 valence electrons. The number of hydrogen-bond acceptors (Lipinski definition) is 4. The lowest BCUT2D eigenvalue weighted by molar-refractivity contribution is -0.384. The average Bonchev–Trinajstić information content (AvgIpc) is 2.70. The van der Waals surface area contributed by atoms with Crippen LogP contribution in [0.15, 0.2) is 12.3 Å². The Hall–Kier alpha value is -2.38. The monoisotopic (exact) mass is 269 g/mol. The van der Waals surface area contributed by atoms with Gasteiger partial charge in [0.05, 0.1) is 11.1 Å². The Morgan fingerprint density at radius 2 is 2.16 bits per heavy atom. The molecule has 8 nitrogen and oxygen atoms in total. The highest BCUT2D eigenvalue weighted by Gasteiger charge is 2.28. The van der Waals surface area contributed by atoms with E-state index in [1.165, 1.54) is 24.9 Å². The summed E-state index contributed by atoms with van der Waals surface area (Å²) in [4.78, 5) is 34.2. The van der Waals surface area contributed by atoms with Gasteiger partial charge in [-0.3, -0.25) is 14.9 Å². The molecule has 0 bridgehead atoms. The number of carbonyl (C=O) groups is 2. The van der Waals surface area contributed by atoms with E-state index in [0.717, 1.165) is 11.0 Å². The standard InChI is InChI=1S/C11H15N3O5/c1-4-8(11(16)17)13(3)10(15)9-5-7(14(18)19)6-12(9)2/h5-6,8H,4H2,1-3H3,(H,16,17). The fourth-order valence-electron chi connectivity index (χ4n) is 1.80. The number of amides is 1. The summed E-state index contributed by atoms with van der Waals surface area (Å²) in [5, 5.41) is 19.6. The molecule has 1 amide bonds. The number of nitro groups is 1. The first-order chi connectivity index (χ1) is 8.79. The van der Waals surface area contributed by atoms with Crippen LogP contribution in [0.5, 0.6) is 0 Å². The predicted octanol–water partition coefficient (Wildman–Crippen LogP) is 0.868. The predicted molar refractivity (Wildman–Crippen MR) is 65.9 cm³/mol. The van der Waals surface area contributed by atoms with Crippen molar-refractivity contribution in [3.05, 3.63) is 28.1 Å². The van der Waals surface area contributed by atoms with E-state index in [4.69, 9.17) is 5.11 Å². The molecule has 1 atom stereocenters. The second-order valence-electron chi connectivity index (χ2n) is 4.13. The van der Waals surface area contributed by atoms with Gasteiger partial charge in [-0.15, -0.1) is 0 Å². The highest BCUT2D eigenvalue weighted by molar-refractivity contribution is 5.95. The summed E-state index contributed by atoms with van der Waals surface area (Å²) in [5.41, 5.74) is -0.128. The highest BCUT2D eigenvalue weighted by Crippen LogP contribution is 2.17. The highest BCUT2D eigenvalue weighted by atomic mass is 16.6. The van der Waals surface area contributed by atoms with Crippen molar-refractivity contribution in [1.29, 1.82) is 0 Å². The lowest BCUT2D eigenvalue weighted by atomic mass is 10.2. The molecule has 0 spiro atoms. The van der Waals surface area contributed by atoms with Gasteiger partial charge in [-0.1, -0.05) is 6.92 Å². The maximum absolute atomic E-state index is 12.1. The summed E-state index contributed by atoms with van der Waals surface area (Å²) >= 11 is 0. The Morgan fingerprint density at radius 1 is 1.58 bits per heavy atom. The Bertz CT molecular complexity index is 522. The molecule has 0 aromatic carbocycles. The van der Waals surface area contributed by atoms with Crippen LogP contribution >= 0.6 is 0 Å². The summed E-state index contributed by atoms with van der Waals surface area (Å²) in [6.07, 6.45) is 1.47. The number of carboxylic acid groups (broad SMARTS) is 1. The van der Waals surface area contributed by atoms with Crippen LogP contribution in [-0.2, 0) is 11.8 Å². The van der Waals surface area contributed by atoms with Gasteiger partial charge in [0.2, 0.25) is 0 Å².